The van der Waals surface area contributed by atoms with E-state index in [1.807, 2.05) is 21.1 Å². The molecule has 0 saturated heterocycles. The molecule has 0 spiro atoms. The van der Waals surface area contributed by atoms with E-state index in [1.165, 1.54) is 135 Å². The molecule has 70 heavy (non-hydrogen) atoms. The van der Waals surface area contributed by atoms with Crippen molar-refractivity contribution in [1.82, 2.24) is 0 Å². The number of rotatable bonds is 52. The largest absolute Gasteiger partial charge is 0.756 e. The fourth-order valence-electron chi connectivity index (χ4n) is 7.80. The van der Waals surface area contributed by atoms with Crippen molar-refractivity contribution in [3.05, 3.63) is 72.9 Å². The van der Waals surface area contributed by atoms with Gasteiger partial charge in [-0.3, -0.25) is 14.2 Å². The van der Waals surface area contributed by atoms with E-state index in [0.717, 1.165) is 77.0 Å². The third-order valence-electron chi connectivity index (χ3n) is 12.2. The first kappa shape index (κ1) is 67.5. The summed E-state index contributed by atoms with van der Waals surface area (Å²) in [5.41, 5.74) is 0. The molecule has 0 amide bonds. The Hall–Kier alpha value is -2.55. The van der Waals surface area contributed by atoms with Gasteiger partial charge in [-0.1, -0.05) is 222 Å². The van der Waals surface area contributed by atoms with Crippen LogP contribution in [0, 0.1) is 0 Å². The van der Waals surface area contributed by atoms with Crippen LogP contribution in [0.15, 0.2) is 72.9 Å². The Morgan fingerprint density at radius 3 is 1.23 bits per heavy atom. The van der Waals surface area contributed by atoms with Gasteiger partial charge in [0.25, 0.3) is 7.82 Å². The number of phosphoric acid groups is 1. The van der Waals surface area contributed by atoms with E-state index in [1.54, 1.807) is 0 Å². The second-order valence-corrected chi connectivity index (χ2v) is 21.7. The topological polar surface area (TPSA) is 111 Å². The summed E-state index contributed by atoms with van der Waals surface area (Å²) < 4.78 is 34.1. The van der Waals surface area contributed by atoms with Gasteiger partial charge in [-0.05, 0) is 83.5 Å². The standard InChI is InChI=1S/C60H108NO8P/c1-6-8-10-12-14-16-18-20-22-24-26-28-30-32-34-36-38-40-42-44-46-48-50-52-59(62)66-56-58(57-68-70(64,65)67-55-54-61(3,4)5)69-60(63)53-51-49-47-45-43-41-39-37-35-33-31-29-27-25-23-21-19-17-15-13-11-9-7-2/h9,11,15,17,21,23-24,26-27,29,33,35,58H,6-8,10,12-14,16,18-20,22,25,28,30-32,34,36-57H2,1-5H3/b11-9-,17-15-,23-21-,26-24-,29-27-,35-33-. The maximum atomic E-state index is 12.8. The molecule has 0 saturated carbocycles. The highest BCUT2D eigenvalue weighted by Crippen LogP contribution is 2.38. The molecule has 2 unspecified atom stereocenters. The molecule has 0 aliphatic rings. The zero-order chi connectivity index (χ0) is 51.3. The number of nitrogens with zero attached hydrogens (tertiary/aromatic N) is 1. The number of likely N-dealkylation sites (N-methyl/N-ethyl adjacent to an activating group) is 1. The smallest absolute Gasteiger partial charge is 0.306 e. The van der Waals surface area contributed by atoms with Crippen molar-refractivity contribution in [2.75, 3.05) is 47.5 Å². The van der Waals surface area contributed by atoms with Crippen LogP contribution in [0.25, 0.3) is 0 Å². The van der Waals surface area contributed by atoms with Gasteiger partial charge in [0.1, 0.15) is 19.8 Å². The molecule has 0 aliphatic carbocycles. The summed E-state index contributed by atoms with van der Waals surface area (Å²) in [6.07, 6.45) is 66.5. The van der Waals surface area contributed by atoms with Crippen LogP contribution in [-0.4, -0.2) is 70.0 Å². The Labute approximate surface area is 431 Å². The fraction of sp³-hybridized carbons (Fsp3) is 0.767. The second kappa shape index (κ2) is 51.4. The molecule has 10 heteroatoms. The van der Waals surface area contributed by atoms with Crippen LogP contribution in [0.1, 0.15) is 245 Å². The van der Waals surface area contributed by atoms with Gasteiger partial charge in [0, 0.05) is 12.8 Å². The number of ether oxygens (including phenoxy) is 2. The first-order chi connectivity index (χ1) is 34.0. The van der Waals surface area contributed by atoms with Gasteiger partial charge in [0.2, 0.25) is 0 Å². The Morgan fingerprint density at radius 2 is 0.814 bits per heavy atom. The molecule has 0 bridgehead atoms. The number of esters is 2. The minimum absolute atomic E-state index is 0.0360. The number of hydrogen-bond donors (Lipinski definition) is 0. The van der Waals surface area contributed by atoms with Gasteiger partial charge >= 0.3 is 11.9 Å². The SMILES string of the molecule is CC/C=C\C/C=C\C/C=C\C/C=C\C/C=C\CCCCCCCCCC(=O)OC(COC(=O)CCCCCCCCCCCCC/C=C\CCCCCCCCCC)COP(=O)([O-])OCC[N+](C)(C)C. The van der Waals surface area contributed by atoms with Crippen LogP contribution in [0.2, 0.25) is 0 Å². The van der Waals surface area contributed by atoms with Crippen LogP contribution in [0.4, 0.5) is 0 Å². The normalized spacial score (nSPS) is 13.9. The number of carbonyl (C=O) groups excluding carboxylic acids is 2. The number of phosphoric ester groups is 1. The summed E-state index contributed by atoms with van der Waals surface area (Å²) in [5, 5.41) is 0. The summed E-state index contributed by atoms with van der Waals surface area (Å²) in [6, 6.07) is 0. The molecule has 0 fully saturated rings. The number of carbonyl (C=O) groups is 2. The lowest BCUT2D eigenvalue weighted by Gasteiger charge is -2.28. The first-order valence-corrected chi connectivity index (χ1v) is 30.1. The Morgan fingerprint density at radius 1 is 0.457 bits per heavy atom. The number of quaternary nitrogens is 1. The Balaban J connectivity index is 4.21. The van der Waals surface area contributed by atoms with E-state index in [9.17, 15) is 19.0 Å². The van der Waals surface area contributed by atoms with Gasteiger partial charge in [-0.15, -0.1) is 0 Å². The van der Waals surface area contributed by atoms with Crippen molar-refractivity contribution in [3.63, 3.8) is 0 Å². The average molecular weight is 1000 g/mol. The van der Waals surface area contributed by atoms with E-state index in [4.69, 9.17) is 18.5 Å². The first-order valence-electron chi connectivity index (χ1n) is 28.6. The van der Waals surface area contributed by atoms with E-state index < -0.39 is 26.5 Å². The molecule has 406 valence electrons. The minimum atomic E-state index is -4.64. The van der Waals surface area contributed by atoms with E-state index >= 15 is 0 Å². The Bertz CT molecular complexity index is 1410. The molecule has 2 atom stereocenters. The molecule has 0 aliphatic heterocycles. The summed E-state index contributed by atoms with van der Waals surface area (Å²) in [4.78, 5) is 37.9. The monoisotopic (exact) mass is 1000 g/mol. The van der Waals surface area contributed by atoms with Gasteiger partial charge in [0.15, 0.2) is 6.10 Å². The van der Waals surface area contributed by atoms with Gasteiger partial charge in [-0.2, -0.15) is 0 Å². The van der Waals surface area contributed by atoms with Gasteiger partial charge in [-0.25, -0.2) is 0 Å². The molecule has 9 nitrogen and oxygen atoms in total. The molecule has 0 rings (SSSR count). The number of allylic oxidation sites excluding steroid dienone is 12. The summed E-state index contributed by atoms with van der Waals surface area (Å²) in [7, 11) is 1.15. The lowest BCUT2D eigenvalue weighted by Crippen LogP contribution is -2.37. The third kappa shape index (κ3) is 54.8. The zero-order valence-electron chi connectivity index (χ0n) is 46.0. The maximum Gasteiger partial charge on any atom is 0.306 e. The predicted octanol–water partition coefficient (Wildman–Crippen LogP) is 17.1. The molecule has 0 radical (unpaired) electrons. The lowest BCUT2D eigenvalue weighted by atomic mass is 10.0. The van der Waals surface area contributed by atoms with Gasteiger partial charge in [0.05, 0.1) is 27.7 Å². The average Bonchev–Trinajstić information content (AvgIpc) is 3.32. The van der Waals surface area contributed by atoms with Crippen LogP contribution in [-0.2, 0) is 32.7 Å². The number of hydrogen-bond acceptors (Lipinski definition) is 8. The summed E-state index contributed by atoms with van der Waals surface area (Å²) in [6.45, 7) is 4.13. The molecule has 0 aromatic heterocycles. The van der Waals surface area contributed by atoms with Gasteiger partial charge < -0.3 is 27.9 Å². The molecular weight excluding hydrogens is 894 g/mol. The highest BCUT2D eigenvalue weighted by molar-refractivity contribution is 7.45. The van der Waals surface area contributed by atoms with Crippen LogP contribution in [0.3, 0.4) is 0 Å². The molecule has 0 heterocycles. The quantitative estimate of drug-likeness (QED) is 0.0195. The van der Waals surface area contributed by atoms with E-state index in [2.05, 4.69) is 86.8 Å². The zero-order valence-corrected chi connectivity index (χ0v) is 46.8. The second-order valence-electron chi connectivity index (χ2n) is 20.3. The van der Waals surface area contributed by atoms with Crippen molar-refractivity contribution in [1.29, 1.82) is 0 Å². The van der Waals surface area contributed by atoms with Crippen molar-refractivity contribution < 1.29 is 42.1 Å². The fourth-order valence-corrected chi connectivity index (χ4v) is 8.52. The molecule has 0 aromatic rings. The lowest BCUT2D eigenvalue weighted by molar-refractivity contribution is -0.870. The highest BCUT2D eigenvalue weighted by atomic mass is 31.2. The summed E-state index contributed by atoms with van der Waals surface area (Å²) in [5.74, 6) is -0.844. The number of unbranched alkanes of at least 4 members (excludes halogenated alkanes) is 26. The van der Waals surface area contributed by atoms with Crippen LogP contribution < -0.4 is 4.89 Å². The van der Waals surface area contributed by atoms with E-state index in [-0.39, 0.29) is 32.0 Å². The molecule has 0 aromatic carbocycles. The van der Waals surface area contributed by atoms with Crippen molar-refractivity contribution in [2.45, 2.75) is 251 Å². The highest BCUT2D eigenvalue weighted by Gasteiger charge is 2.21. The van der Waals surface area contributed by atoms with Crippen molar-refractivity contribution in [3.8, 4) is 0 Å². The minimum Gasteiger partial charge on any atom is -0.756 e. The van der Waals surface area contributed by atoms with Crippen LogP contribution in [0.5, 0.6) is 0 Å². The van der Waals surface area contributed by atoms with Crippen LogP contribution >= 0.6 is 7.82 Å². The molecule has 0 N–H and O–H groups in total. The van der Waals surface area contributed by atoms with Crippen molar-refractivity contribution in [2.24, 2.45) is 0 Å². The van der Waals surface area contributed by atoms with Crippen molar-refractivity contribution >= 4 is 19.8 Å². The summed E-state index contributed by atoms with van der Waals surface area (Å²) >= 11 is 0. The third-order valence-corrected chi connectivity index (χ3v) is 13.2. The Kier molecular flexibility index (Phi) is 49.5. The molecular formula is C60H108NO8P. The van der Waals surface area contributed by atoms with E-state index in [0.29, 0.717) is 17.4 Å². The predicted molar refractivity (Wildman–Crippen MR) is 296 cm³/mol. The maximum absolute atomic E-state index is 12.8.